The highest BCUT2D eigenvalue weighted by atomic mass is 19.4. The van der Waals surface area contributed by atoms with E-state index in [4.69, 9.17) is 0 Å². The molecule has 0 radical (unpaired) electrons. The summed E-state index contributed by atoms with van der Waals surface area (Å²) in [4.78, 5) is 25.4. The van der Waals surface area contributed by atoms with Crippen LogP contribution in [-0.4, -0.2) is 23.9 Å². The molecule has 0 aliphatic carbocycles. The van der Waals surface area contributed by atoms with Crippen molar-refractivity contribution in [3.8, 4) is 0 Å². The molecule has 0 spiro atoms. The van der Waals surface area contributed by atoms with E-state index in [0.29, 0.717) is 0 Å². The molecule has 2 nitrogen and oxygen atoms in total. The SMILES string of the molecule is CC(C)C(C(=O)CC(=O)C(C(C)C)(C(C)C)C(F)(F)F)(C(C)C)C(F)(F)F. The van der Waals surface area contributed by atoms with Crippen molar-refractivity contribution in [1.29, 1.82) is 0 Å². The summed E-state index contributed by atoms with van der Waals surface area (Å²) in [6, 6.07) is 0. The Bertz CT molecular complexity index is 477. The van der Waals surface area contributed by atoms with Crippen LogP contribution in [0.3, 0.4) is 0 Å². The first-order chi connectivity index (χ1) is 11.8. The number of alkyl halides is 6. The third-order valence-electron chi connectivity index (χ3n) is 5.82. The second kappa shape index (κ2) is 8.11. The maximum absolute atomic E-state index is 13.9. The molecule has 0 N–H and O–H groups in total. The molecule has 0 fully saturated rings. The van der Waals surface area contributed by atoms with Crippen molar-refractivity contribution in [1.82, 2.24) is 0 Å². The van der Waals surface area contributed by atoms with Gasteiger partial charge in [-0.2, -0.15) is 26.3 Å². The lowest BCUT2D eigenvalue weighted by atomic mass is 9.60. The number of hydrogen-bond donors (Lipinski definition) is 0. The lowest BCUT2D eigenvalue weighted by molar-refractivity contribution is -0.250. The van der Waals surface area contributed by atoms with E-state index in [1.807, 2.05) is 0 Å². The minimum absolute atomic E-state index is 1.19. The van der Waals surface area contributed by atoms with E-state index >= 15 is 0 Å². The normalized spacial score (nSPS) is 14.6. The standard InChI is InChI=1S/C19H30F6O2/c1-10(2)16(11(3)4,18(20,21)22)14(26)9-15(27)17(12(5)6,13(7)8)19(23,24)25/h10-13H,9H2,1-8H3. The third kappa shape index (κ3) is 4.04. The van der Waals surface area contributed by atoms with E-state index in [-0.39, 0.29) is 0 Å². The molecule has 0 heterocycles. The van der Waals surface area contributed by atoms with E-state index in [1.54, 1.807) is 0 Å². The van der Waals surface area contributed by atoms with Gasteiger partial charge in [-0.1, -0.05) is 55.4 Å². The number of carbonyl (C=O) groups is 2. The van der Waals surface area contributed by atoms with Crippen LogP contribution in [0.5, 0.6) is 0 Å². The second-order valence-corrected chi connectivity index (χ2v) is 8.38. The third-order valence-corrected chi connectivity index (χ3v) is 5.82. The molecule has 0 aromatic rings. The van der Waals surface area contributed by atoms with Gasteiger partial charge in [-0.05, 0) is 23.7 Å². The van der Waals surface area contributed by atoms with Gasteiger partial charge in [-0.15, -0.1) is 0 Å². The number of Topliss-reactive ketones (excluding diaryl/α,β-unsaturated/α-hetero) is 2. The topological polar surface area (TPSA) is 34.1 Å². The molecule has 0 atom stereocenters. The van der Waals surface area contributed by atoms with Gasteiger partial charge >= 0.3 is 12.4 Å². The van der Waals surface area contributed by atoms with Crippen molar-refractivity contribution in [2.24, 2.45) is 34.5 Å². The minimum atomic E-state index is -4.98. The summed E-state index contributed by atoms with van der Waals surface area (Å²) >= 11 is 0. The quantitative estimate of drug-likeness (QED) is 0.355. The number of carbonyl (C=O) groups excluding carboxylic acids is 2. The van der Waals surface area contributed by atoms with Crippen LogP contribution in [0, 0.1) is 34.5 Å². The number of rotatable bonds is 8. The van der Waals surface area contributed by atoms with E-state index in [9.17, 15) is 35.9 Å². The van der Waals surface area contributed by atoms with E-state index in [0.717, 1.165) is 0 Å². The molecule has 8 heteroatoms. The van der Waals surface area contributed by atoms with Gasteiger partial charge in [0.25, 0.3) is 0 Å². The molecule has 0 amide bonds. The van der Waals surface area contributed by atoms with Gasteiger partial charge in [0.05, 0.1) is 6.42 Å². The van der Waals surface area contributed by atoms with Crippen molar-refractivity contribution in [3.63, 3.8) is 0 Å². The first-order valence-electron chi connectivity index (χ1n) is 9.02. The first-order valence-corrected chi connectivity index (χ1v) is 9.02. The fourth-order valence-corrected chi connectivity index (χ4v) is 4.69. The minimum Gasteiger partial charge on any atom is -0.298 e. The Morgan fingerprint density at radius 3 is 0.852 bits per heavy atom. The highest BCUT2D eigenvalue weighted by Gasteiger charge is 2.67. The molecular formula is C19H30F6O2. The second-order valence-electron chi connectivity index (χ2n) is 8.38. The highest BCUT2D eigenvalue weighted by molar-refractivity contribution is 6.05. The summed E-state index contributed by atoms with van der Waals surface area (Å²) in [5.74, 6) is -7.90. The Morgan fingerprint density at radius 2 is 0.741 bits per heavy atom. The predicted molar refractivity (Wildman–Crippen MR) is 91.0 cm³/mol. The van der Waals surface area contributed by atoms with Crippen molar-refractivity contribution in [3.05, 3.63) is 0 Å². The molecule has 0 saturated carbocycles. The van der Waals surface area contributed by atoms with Crippen molar-refractivity contribution < 1.29 is 35.9 Å². The van der Waals surface area contributed by atoms with Crippen LogP contribution in [-0.2, 0) is 9.59 Å². The Hall–Kier alpha value is -1.08. The van der Waals surface area contributed by atoms with Gasteiger partial charge in [0, 0.05) is 0 Å². The van der Waals surface area contributed by atoms with E-state index in [1.165, 1.54) is 55.4 Å². The zero-order chi connectivity index (χ0) is 22.2. The Labute approximate surface area is 157 Å². The summed E-state index contributed by atoms with van der Waals surface area (Å²) in [6.45, 7) is 9.54. The average Bonchev–Trinajstić information content (AvgIpc) is 2.32. The summed E-state index contributed by atoms with van der Waals surface area (Å²) in [7, 11) is 0. The lowest BCUT2D eigenvalue weighted by Crippen LogP contribution is -2.57. The van der Waals surface area contributed by atoms with Gasteiger partial charge in [0.2, 0.25) is 0 Å². The van der Waals surface area contributed by atoms with Gasteiger partial charge in [-0.3, -0.25) is 9.59 Å². The van der Waals surface area contributed by atoms with Crippen molar-refractivity contribution in [2.75, 3.05) is 0 Å². The van der Waals surface area contributed by atoms with E-state index in [2.05, 4.69) is 0 Å². The first kappa shape index (κ1) is 25.9. The molecule has 0 aromatic heterocycles. The summed E-state index contributed by atoms with van der Waals surface area (Å²) in [5.41, 5.74) is -5.76. The van der Waals surface area contributed by atoms with Gasteiger partial charge < -0.3 is 0 Å². The number of halogens is 6. The maximum atomic E-state index is 13.9. The fourth-order valence-electron chi connectivity index (χ4n) is 4.69. The van der Waals surface area contributed by atoms with Crippen molar-refractivity contribution >= 4 is 11.6 Å². The molecule has 0 unspecified atom stereocenters. The van der Waals surface area contributed by atoms with E-state index < -0.39 is 64.8 Å². The van der Waals surface area contributed by atoms with Crippen LogP contribution in [0.2, 0.25) is 0 Å². The molecule has 0 bridgehead atoms. The highest BCUT2D eigenvalue weighted by Crippen LogP contribution is 2.54. The predicted octanol–water partition coefficient (Wildman–Crippen LogP) is 6.24. The molecule has 0 rings (SSSR count). The molecule has 0 aromatic carbocycles. The van der Waals surface area contributed by atoms with Gasteiger partial charge in [0.15, 0.2) is 11.6 Å². The maximum Gasteiger partial charge on any atom is 0.401 e. The monoisotopic (exact) mass is 404 g/mol. The van der Waals surface area contributed by atoms with Crippen LogP contribution in [0.15, 0.2) is 0 Å². The summed E-state index contributed by atoms with van der Waals surface area (Å²) in [5, 5.41) is 0. The Balaban J connectivity index is 6.39. The smallest absolute Gasteiger partial charge is 0.298 e. The van der Waals surface area contributed by atoms with Crippen LogP contribution >= 0.6 is 0 Å². The number of ketones is 2. The fraction of sp³-hybridized carbons (Fsp3) is 0.895. The summed E-state index contributed by atoms with van der Waals surface area (Å²) in [6.07, 6.45) is -11.4. The Morgan fingerprint density at radius 1 is 0.556 bits per heavy atom. The Kier molecular flexibility index (Phi) is 7.79. The van der Waals surface area contributed by atoms with Crippen molar-refractivity contribution in [2.45, 2.75) is 74.2 Å². The molecule has 160 valence electrons. The molecular weight excluding hydrogens is 374 g/mol. The zero-order valence-electron chi connectivity index (χ0n) is 17.1. The molecule has 0 aliphatic heterocycles. The lowest BCUT2D eigenvalue weighted by Gasteiger charge is -2.44. The van der Waals surface area contributed by atoms with Gasteiger partial charge in [-0.25, -0.2) is 0 Å². The van der Waals surface area contributed by atoms with Gasteiger partial charge in [0.1, 0.15) is 10.8 Å². The van der Waals surface area contributed by atoms with Crippen LogP contribution < -0.4 is 0 Å². The van der Waals surface area contributed by atoms with Crippen LogP contribution in [0.25, 0.3) is 0 Å². The zero-order valence-corrected chi connectivity index (χ0v) is 17.1. The molecule has 0 saturated heterocycles. The molecule has 27 heavy (non-hydrogen) atoms. The largest absolute Gasteiger partial charge is 0.401 e. The number of hydrogen-bond acceptors (Lipinski definition) is 2. The van der Waals surface area contributed by atoms with Crippen LogP contribution in [0.1, 0.15) is 61.8 Å². The molecule has 0 aliphatic rings. The summed E-state index contributed by atoms with van der Waals surface area (Å²) < 4.78 is 83.2. The van der Waals surface area contributed by atoms with Crippen LogP contribution in [0.4, 0.5) is 26.3 Å². The average molecular weight is 404 g/mol.